The maximum atomic E-state index is 3.56. The predicted molar refractivity (Wildman–Crippen MR) is 23.9 cm³/mol. The van der Waals surface area contributed by atoms with E-state index in [4.69, 9.17) is 0 Å². The van der Waals surface area contributed by atoms with Crippen LogP contribution in [0.2, 0.25) is 0 Å². The van der Waals surface area contributed by atoms with Crippen molar-refractivity contribution in [1.82, 2.24) is 5.32 Å². The molecule has 0 saturated heterocycles. The molecular weight excluding hydrogens is 151 g/mol. The van der Waals surface area contributed by atoms with E-state index in [0.29, 0.717) is 0 Å². The molecule has 0 aromatic heterocycles. The minimum atomic E-state index is 0. The molecule has 2 heteroatoms. The number of nitrogens with one attached hydrogen (secondary N) is 1. The van der Waals surface area contributed by atoms with Gasteiger partial charge in [-0.05, 0) is 6.54 Å². The van der Waals surface area contributed by atoms with Gasteiger partial charge in [0.05, 0.1) is 0 Å². The van der Waals surface area contributed by atoms with Gasteiger partial charge in [-0.2, -0.15) is 0 Å². The van der Waals surface area contributed by atoms with Gasteiger partial charge in [-0.15, -0.1) is 6.54 Å². The summed E-state index contributed by atoms with van der Waals surface area (Å²) in [5.74, 6) is 0. The molecule has 0 atom stereocenters. The molecule has 0 aromatic rings. The first-order valence-electron chi connectivity index (χ1n) is 1.91. The summed E-state index contributed by atoms with van der Waals surface area (Å²) in [5, 5.41) is 3.00. The first-order chi connectivity index (χ1) is 2.41. The summed E-state index contributed by atoms with van der Waals surface area (Å²) in [6.45, 7) is 7.50. The Bertz CT molecular complexity index is 15.0. The largest absolute Gasteiger partial charge is 0.347 e. The molecule has 0 rings (SSSR count). The number of hydrogen-bond acceptors (Lipinski definition) is 1. The second-order valence-corrected chi connectivity index (χ2v) is 0.854. The van der Waals surface area contributed by atoms with Crippen LogP contribution in [0.4, 0.5) is 0 Å². The van der Waals surface area contributed by atoms with Crippen molar-refractivity contribution in [2.45, 2.75) is 6.92 Å². The van der Waals surface area contributed by atoms with E-state index in [1.54, 1.807) is 0 Å². The Morgan fingerprint density at radius 1 is 1.67 bits per heavy atom. The average Bonchev–Trinajstić information content (AvgIpc) is 1.41. The number of rotatable bonds is 2. The second kappa shape index (κ2) is 9.42. The van der Waals surface area contributed by atoms with Crippen LogP contribution in [-0.2, 0) is 32.7 Å². The van der Waals surface area contributed by atoms with Gasteiger partial charge in [0.25, 0.3) is 0 Å². The van der Waals surface area contributed by atoms with Crippen molar-refractivity contribution in [3.63, 3.8) is 0 Å². The molecule has 0 amide bonds. The standard InChI is InChI=1S/C4H10N.Y/c1-3-5-4-2;/h5H,1,3-4H2,2H3;/q-1;. The summed E-state index contributed by atoms with van der Waals surface area (Å²) in [6.07, 6.45) is 0. The van der Waals surface area contributed by atoms with Gasteiger partial charge in [-0.3, -0.25) is 0 Å². The SMILES string of the molecule is [CH2-]CNCC.[Y]. The second-order valence-electron chi connectivity index (χ2n) is 0.854. The van der Waals surface area contributed by atoms with Crippen LogP contribution in [0, 0.1) is 6.92 Å². The molecule has 0 spiro atoms. The van der Waals surface area contributed by atoms with Gasteiger partial charge in [-0.1, -0.05) is 6.92 Å². The van der Waals surface area contributed by atoms with Gasteiger partial charge in [0.15, 0.2) is 0 Å². The van der Waals surface area contributed by atoms with Crippen LogP contribution >= 0.6 is 0 Å². The molecule has 1 nitrogen and oxygen atoms in total. The zero-order valence-corrected chi connectivity index (χ0v) is 7.04. The van der Waals surface area contributed by atoms with Crippen LogP contribution in [0.25, 0.3) is 0 Å². The zero-order chi connectivity index (χ0) is 4.12. The van der Waals surface area contributed by atoms with E-state index in [0.717, 1.165) is 13.1 Å². The van der Waals surface area contributed by atoms with Crippen LogP contribution in [0.15, 0.2) is 0 Å². The third-order valence-electron chi connectivity index (χ3n) is 0.427. The van der Waals surface area contributed by atoms with Crippen LogP contribution < -0.4 is 5.32 Å². The molecule has 0 heterocycles. The van der Waals surface area contributed by atoms with Gasteiger partial charge < -0.3 is 12.2 Å². The fourth-order valence-corrected chi connectivity index (χ4v) is 0.177. The van der Waals surface area contributed by atoms with Gasteiger partial charge in [-0.25, -0.2) is 0 Å². The first-order valence-corrected chi connectivity index (χ1v) is 1.91. The molecule has 0 saturated carbocycles. The van der Waals surface area contributed by atoms with E-state index in [-0.39, 0.29) is 32.7 Å². The van der Waals surface area contributed by atoms with Gasteiger partial charge >= 0.3 is 0 Å². The fourth-order valence-electron chi connectivity index (χ4n) is 0.177. The van der Waals surface area contributed by atoms with E-state index in [1.807, 2.05) is 0 Å². The molecule has 0 aliphatic rings. The molecule has 1 radical (unpaired) electrons. The van der Waals surface area contributed by atoms with Gasteiger partial charge in [0.1, 0.15) is 0 Å². The van der Waals surface area contributed by atoms with Crippen LogP contribution in [0.3, 0.4) is 0 Å². The summed E-state index contributed by atoms with van der Waals surface area (Å²) in [7, 11) is 0. The van der Waals surface area contributed by atoms with Crippen molar-refractivity contribution in [2.24, 2.45) is 0 Å². The summed E-state index contributed by atoms with van der Waals surface area (Å²) in [6, 6.07) is 0. The number of hydrogen-bond donors (Lipinski definition) is 1. The van der Waals surface area contributed by atoms with Crippen molar-refractivity contribution >= 4 is 0 Å². The average molecular weight is 161 g/mol. The molecule has 0 aliphatic heterocycles. The quantitative estimate of drug-likeness (QED) is 0.579. The molecular formula is C4H10NY-. The molecule has 0 aromatic carbocycles. The van der Waals surface area contributed by atoms with Crippen LogP contribution in [-0.4, -0.2) is 13.1 Å². The molecule has 0 fully saturated rings. The molecule has 35 valence electrons. The summed E-state index contributed by atoms with van der Waals surface area (Å²) < 4.78 is 0. The Morgan fingerprint density at radius 3 is 2.17 bits per heavy atom. The summed E-state index contributed by atoms with van der Waals surface area (Å²) >= 11 is 0. The van der Waals surface area contributed by atoms with Crippen molar-refractivity contribution in [3.8, 4) is 0 Å². The van der Waals surface area contributed by atoms with Crippen molar-refractivity contribution in [1.29, 1.82) is 0 Å². The summed E-state index contributed by atoms with van der Waals surface area (Å²) in [4.78, 5) is 0. The van der Waals surface area contributed by atoms with E-state index >= 15 is 0 Å². The van der Waals surface area contributed by atoms with E-state index in [2.05, 4.69) is 19.2 Å². The normalized spacial score (nSPS) is 7.00. The zero-order valence-electron chi connectivity index (χ0n) is 4.20. The topological polar surface area (TPSA) is 12.0 Å². The Hall–Kier alpha value is 1.06. The minimum absolute atomic E-state index is 0. The van der Waals surface area contributed by atoms with E-state index in [9.17, 15) is 0 Å². The molecule has 0 bridgehead atoms. The van der Waals surface area contributed by atoms with Gasteiger partial charge in [0, 0.05) is 32.7 Å². The van der Waals surface area contributed by atoms with E-state index in [1.165, 1.54) is 0 Å². The summed E-state index contributed by atoms with van der Waals surface area (Å²) in [5.41, 5.74) is 0. The smallest absolute Gasteiger partial charge is 0 e. The fraction of sp³-hybridized carbons (Fsp3) is 0.750. The third kappa shape index (κ3) is 8.91. The van der Waals surface area contributed by atoms with Crippen molar-refractivity contribution in [2.75, 3.05) is 13.1 Å². The van der Waals surface area contributed by atoms with Crippen LogP contribution in [0.1, 0.15) is 6.92 Å². The maximum absolute atomic E-state index is 3.56. The van der Waals surface area contributed by atoms with Crippen molar-refractivity contribution in [3.05, 3.63) is 6.92 Å². The molecule has 0 unspecified atom stereocenters. The van der Waals surface area contributed by atoms with Crippen molar-refractivity contribution < 1.29 is 32.7 Å². The predicted octanol–water partition coefficient (Wildman–Crippen LogP) is 0.427. The monoisotopic (exact) mass is 161 g/mol. The van der Waals surface area contributed by atoms with E-state index < -0.39 is 0 Å². The third-order valence-corrected chi connectivity index (χ3v) is 0.427. The minimum Gasteiger partial charge on any atom is -0.347 e. The molecule has 6 heavy (non-hydrogen) atoms. The molecule has 0 aliphatic carbocycles. The van der Waals surface area contributed by atoms with Gasteiger partial charge in [0.2, 0.25) is 0 Å². The first kappa shape index (κ1) is 10.1. The van der Waals surface area contributed by atoms with Crippen LogP contribution in [0.5, 0.6) is 0 Å². The Morgan fingerprint density at radius 2 is 2.17 bits per heavy atom. The maximum Gasteiger partial charge on any atom is 0 e. The Kier molecular flexibility index (Phi) is 15.9. The Labute approximate surface area is 64.8 Å². The molecule has 1 N–H and O–H groups in total. The Balaban J connectivity index is 0.